The molecule has 0 aliphatic heterocycles. The van der Waals surface area contributed by atoms with E-state index in [2.05, 4.69) is 4.98 Å². The highest BCUT2D eigenvalue weighted by molar-refractivity contribution is 6.31. The van der Waals surface area contributed by atoms with Crippen molar-refractivity contribution in [3.05, 3.63) is 39.5 Å². The maximum atomic E-state index is 11.6. The number of carbonyl (C=O) groups is 1. The summed E-state index contributed by atoms with van der Waals surface area (Å²) < 4.78 is 9.46. The minimum absolute atomic E-state index is 0.183. The van der Waals surface area contributed by atoms with Gasteiger partial charge in [-0.05, 0) is 25.1 Å². The molecular formula is C11H8ClNO4. The highest BCUT2D eigenvalue weighted by Gasteiger charge is 2.15. The fourth-order valence-corrected chi connectivity index (χ4v) is 1.50. The molecule has 0 saturated carbocycles. The van der Waals surface area contributed by atoms with Crippen LogP contribution in [-0.4, -0.2) is 17.6 Å². The molecule has 17 heavy (non-hydrogen) atoms. The Balaban J connectivity index is 2.60. The molecule has 1 heterocycles. The summed E-state index contributed by atoms with van der Waals surface area (Å²) in [5.41, 5.74) is -0.325. The minimum atomic E-state index is -0.763. The zero-order valence-corrected chi connectivity index (χ0v) is 9.65. The topological polar surface area (TPSA) is 69.4 Å². The molecule has 2 rings (SSSR count). The lowest BCUT2D eigenvalue weighted by molar-refractivity contribution is 0.0474. The maximum absolute atomic E-state index is 11.6. The maximum Gasteiger partial charge on any atom is 0.394 e. The van der Waals surface area contributed by atoms with E-state index in [1.807, 2.05) is 0 Å². The lowest BCUT2D eigenvalue weighted by Crippen LogP contribution is -2.12. The highest BCUT2D eigenvalue weighted by Crippen LogP contribution is 2.15. The molecule has 5 nitrogen and oxygen atoms in total. The molecule has 0 aliphatic rings. The van der Waals surface area contributed by atoms with Gasteiger partial charge in [-0.3, -0.25) is 0 Å². The molecule has 0 aliphatic carbocycles. The number of hydrogen-bond donors (Lipinski definition) is 0. The largest absolute Gasteiger partial charge is 0.459 e. The van der Waals surface area contributed by atoms with Gasteiger partial charge in [-0.2, -0.15) is 0 Å². The van der Waals surface area contributed by atoms with Gasteiger partial charge < -0.3 is 9.15 Å². The Morgan fingerprint density at radius 2 is 2.29 bits per heavy atom. The first-order valence-electron chi connectivity index (χ1n) is 4.89. The molecule has 6 heteroatoms. The lowest BCUT2D eigenvalue weighted by atomic mass is 10.2. The Labute approximate surface area is 101 Å². The highest BCUT2D eigenvalue weighted by atomic mass is 35.5. The molecule has 1 aromatic carbocycles. The van der Waals surface area contributed by atoms with Gasteiger partial charge in [0, 0.05) is 5.02 Å². The van der Waals surface area contributed by atoms with Crippen LogP contribution in [-0.2, 0) is 4.74 Å². The van der Waals surface area contributed by atoms with Crippen LogP contribution in [0.1, 0.15) is 17.6 Å². The number of aromatic nitrogens is 1. The molecule has 2 aromatic rings. The van der Waals surface area contributed by atoms with Crippen molar-refractivity contribution in [2.45, 2.75) is 6.92 Å². The summed E-state index contributed by atoms with van der Waals surface area (Å²) in [4.78, 5) is 26.8. The second kappa shape index (κ2) is 4.55. The van der Waals surface area contributed by atoms with Crippen molar-refractivity contribution in [2.75, 3.05) is 6.61 Å². The Hall–Kier alpha value is -1.88. The van der Waals surface area contributed by atoms with Crippen LogP contribution in [0.2, 0.25) is 5.02 Å². The first-order valence-corrected chi connectivity index (χ1v) is 5.27. The van der Waals surface area contributed by atoms with Crippen LogP contribution in [0.4, 0.5) is 0 Å². The predicted molar refractivity (Wildman–Crippen MR) is 61.2 cm³/mol. The molecule has 0 unspecified atom stereocenters. The van der Waals surface area contributed by atoms with Crippen molar-refractivity contribution in [3.8, 4) is 0 Å². The van der Waals surface area contributed by atoms with Crippen molar-refractivity contribution in [2.24, 2.45) is 0 Å². The van der Waals surface area contributed by atoms with E-state index in [0.717, 1.165) is 0 Å². The van der Waals surface area contributed by atoms with E-state index in [0.29, 0.717) is 10.5 Å². The van der Waals surface area contributed by atoms with Crippen molar-refractivity contribution in [3.63, 3.8) is 0 Å². The molecule has 0 saturated heterocycles. The number of ether oxygens (including phenoxy) is 1. The fourth-order valence-electron chi connectivity index (χ4n) is 1.32. The number of rotatable bonds is 2. The van der Waals surface area contributed by atoms with E-state index >= 15 is 0 Å². The smallest absolute Gasteiger partial charge is 0.394 e. The molecule has 0 atom stereocenters. The standard InChI is InChI=1S/C11H8ClNO4/c1-2-16-11(15)9-13-8-4-3-6(12)5-7(8)10(14)17-9/h3-5H,2H2,1H3. The molecule has 0 spiro atoms. The first-order chi connectivity index (χ1) is 8.11. The second-order valence-electron chi connectivity index (χ2n) is 3.19. The summed E-state index contributed by atoms with van der Waals surface area (Å²) in [6.45, 7) is 1.83. The summed E-state index contributed by atoms with van der Waals surface area (Å²) in [7, 11) is 0. The van der Waals surface area contributed by atoms with Gasteiger partial charge >= 0.3 is 17.5 Å². The zero-order chi connectivity index (χ0) is 12.4. The second-order valence-corrected chi connectivity index (χ2v) is 3.62. The van der Waals surface area contributed by atoms with E-state index in [4.69, 9.17) is 20.8 Å². The van der Waals surface area contributed by atoms with E-state index in [1.54, 1.807) is 13.0 Å². The summed E-state index contributed by atoms with van der Waals surface area (Å²) in [6, 6.07) is 4.55. The van der Waals surface area contributed by atoms with Crippen molar-refractivity contribution < 1.29 is 13.9 Å². The number of nitrogens with zero attached hydrogens (tertiary/aromatic N) is 1. The number of esters is 1. The van der Waals surface area contributed by atoms with Crippen molar-refractivity contribution >= 4 is 28.5 Å². The van der Waals surface area contributed by atoms with Crippen LogP contribution in [0.5, 0.6) is 0 Å². The third-order valence-corrected chi connectivity index (χ3v) is 2.28. The Morgan fingerprint density at radius 3 is 3.00 bits per heavy atom. The number of fused-ring (bicyclic) bond motifs is 1. The van der Waals surface area contributed by atoms with Gasteiger partial charge in [-0.15, -0.1) is 0 Å². The van der Waals surface area contributed by atoms with Gasteiger partial charge in [-0.1, -0.05) is 11.6 Å². The summed E-state index contributed by atoms with van der Waals surface area (Å²) in [6.07, 6.45) is 0. The van der Waals surface area contributed by atoms with Crippen LogP contribution in [0.25, 0.3) is 10.9 Å². The molecule has 0 radical (unpaired) electrons. The SMILES string of the molecule is CCOC(=O)c1nc2ccc(Cl)cc2c(=O)o1. The van der Waals surface area contributed by atoms with Crippen LogP contribution in [0.3, 0.4) is 0 Å². The van der Waals surface area contributed by atoms with E-state index < -0.39 is 11.6 Å². The Bertz CT molecular complexity index is 635. The van der Waals surface area contributed by atoms with Crippen LogP contribution in [0, 0.1) is 0 Å². The minimum Gasteiger partial charge on any atom is -0.459 e. The number of benzene rings is 1. The van der Waals surface area contributed by atoms with E-state index in [-0.39, 0.29) is 17.9 Å². The first kappa shape index (κ1) is 11.6. The van der Waals surface area contributed by atoms with Gasteiger partial charge in [0.05, 0.1) is 17.5 Å². The Kier molecular flexibility index (Phi) is 3.10. The summed E-state index contributed by atoms with van der Waals surface area (Å²) >= 11 is 5.74. The van der Waals surface area contributed by atoms with Crippen molar-refractivity contribution in [1.29, 1.82) is 0 Å². The van der Waals surface area contributed by atoms with Crippen molar-refractivity contribution in [1.82, 2.24) is 4.98 Å². The average Bonchev–Trinajstić information content (AvgIpc) is 2.30. The van der Waals surface area contributed by atoms with Crippen LogP contribution in [0.15, 0.2) is 27.4 Å². The van der Waals surface area contributed by atoms with E-state index in [1.165, 1.54) is 12.1 Å². The monoisotopic (exact) mass is 253 g/mol. The zero-order valence-electron chi connectivity index (χ0n) is 8.90. The molecule has 0 N–H and O–H groups in total. The average molecular weight is 254 g/mol. The third-order valence-electron chi connectivity index (χ3n) is 2.04. The van der Waals surface area contributed by atoms with Gasteiger partial charge in [0.15, 0.2) is 0 Å². The molecular weight excluding hydrogens is 246 g/mol. The molecule has 88 valence electrons. The lowest BCUT2D eigenvalue weighted by Gasteiger charge is -2.01. The quantitative estimate of drug-likeness (QED) is 0.766. The molecule has 0 bridgehead atoms. The van der Waals surface area contributed by atoms with E-state index in [9.17, 15) is 9.59 Å². The summed E-state index contributed by atoms with van der Waals surface area (Å²) in [5, 5.41) is 0.626. The Morgan fingerprint density at radius 1 is 1.53 bits per heavy atom. The van der Waals surface area contributed by atoms with Gasteiger partial charge in [0.1, 0.15) is 0 Å². The predicted octanol–water partition coefficient (Wildman–Crippen LogP) is 2.02. The van der Waals surface area contributed by atoms with Gasteiger partial charge in [0.2, 0.25) is 0 Å². The molecule has 1 aromatic heterocycles. The molecule has 0 amide bonds. The normalized spacial score (nSPS) is 10.5. The third kappa shape index (κ3) is 2.29. The number of carbonyl (C=O) groups excluding carboxylic acids is 1. The van der Waals surface area contributed by atoms with Crippen LogP contribution >= 0.6 is 11.6 Å². The van der Waals surface area contributed by atoms with Gasteiger partial charge in [0.25, 0.3) is 0 Å². The fraction of sp³-hybridized carbons (Fsp3) is 0.182. The number of halogens is 1. The molecule has 0 fully saturated rings. The number of hydrogen-bond acceptors (Lipinski definition) is 5. The summed E-state index contributed by atoms with van der Waals surface area (Å²) in [5.74, 6) is -1.12. The van der Waals surface area contributed by atoms with Gasteiger partial charge in [-0.25, -0.2) is 14.6 Å². The van der Waals surface area contributed by atoms with Crippen LogP contribution < -0.4 is 5.63 Å².